The molecule has 0 bridgehead atoms. The average Bonchev–Trinajstić information content (AvgIpc) is 3.39. The fourth-order valence-corrected chi connectivity index (χ4v) is 6.18. The Morgan fingerprint density at radius 3 is 2.22 bits per heavy atom. The number of alkyl carbamates (subject to hydrolysis) is 3. The number of aliphatic hydroxyl groups is 2. The van der Waals surface area contributed by atoms with E-state index in [1.54, 1.807) is 25.7 Å². The number of likely N-dealkylation sites (tertiary alicyclic amines) is 1. The molecule has 0 saturated carbocycles. The lowest BCUT2D eigenvalue weighted by Crippen LogP contribution is -2.67. The SMILES string of the molecule is C=CCOC(=O)NCC1(O)CN(C[C@@H](O)CNC(=O)[C@H](CCCCNC(=O)OC(C)(C)C)NC(=O)OCC2c3ccccc3-c3ccccc32)C1. The molecule has 1 fully saturated rings. The summed E-state index contributed by atoms with van der Waals surface area (Å²) < 4.78 is 15.8. The van der Waals surface area contributed by atoms with Gasteiger partial charge in [0.15, 0.2) is 0 Å². The summed E-state index contributed by atoms with van der Waals surface area (Å²) in [5.74, 6) is -0.643. The Labute approximate surface area is 298 Å². The molecule has 2 aromatic carbocycles. The number of ether oxygens (including phenoxy) is 3. The summed E-state index contributed by atoms with van der Waals surface area (Å²) in [6.45, 7) is 9.74. The quantitative estimate of drug-likeness (QED) is 0.0810. The number of carbonyl (C=O) groups excluding carboxylic acids is 4. The zero-order valence-corrected chi connectivity index (χ0v) is 29.6. The molecule has 51 heavy (non-hydrogen) atoms. The molecule has 1 saturated heterocycles. The summed E-state index contributed by atoms with van der Waals surface area (Å²) in [4.78, 5) is 51.8. The summed E-state index contributed by atoms with van der Waals surface area (Å²) in [5.41, 5.74) is 2.54. The molecular formula is C37H51N5O9. The molecule has 1 aliphatic carbocycles. The molecule has 1 heterocycles. The first kappa shape index (κ1) is 39.1. The number of aliphatic hydroxyl groups excluding tert-OH is 1. The van der Waals surface area contributed by atoms with Crippen molar-refractivity contribution in [2.75, 3.05) is 52.5 Å². The zero-order chi connectivity index (χ0) is 37.0. The average molecular weight is 710 g/mol. The second-order valence-corrected chi connectivity index (χ2v) is 14.0. The number of rotatable bonds is 17. The van der Waals surface area contributed by atoms with E-state index in [0.717, 1.165) is 22.3 Å². The molecular weight excluding hydrogens is 658 g/mol. The van der Waals surface area contributed by atoms with Gasteiger partial charge in [-0.25, -0.2) is 14.4 Å². The molecule has 2 aromatic rings. The number of carbonyl (C=O) groups is 4. The standard InChI is InChI=1S/C37H51N5O9/c1-5-18-49-33(45)40-22-37(48)23-42(24-37)20-25(43)19-39-32(44)31(16-10-11-17-38-34(46)51-36(2,3)4)41-35(47)50-21-30-28-14-8-6-12-26(28)27-13-7-9-15-29(27)30/h5-9,12-15,25,30-31,43,48H,1,10-11,16-24H2,2-4H3,(H,38,46)(H,39,44)(H,40,45)(H,41,47)/t25-,31-/m0/s1. The van der Waals surface area contributed by atoms with Gasteiger partial charge in [0.05, 0.1) is 12.6 Å². The molecule has 4 amide bonds. The summed E-state index contributed by atoms with van der Waals surface area (Å²) in [7, 11) is 0. The monoisotopic (exact) mass is 709 g/mol. The Hall–Kier alpha value is -4.66. The number of benzene rings is 2. The minimum Gasteiger partial charge on any atom is -0.449 e. The largest absolute Gasteiger partial charge is 0.449 e. The fourth-order valence-electron chi connectivity index (χ4n) is 6.18. The normalized spacial score (nSPS) is 15.9. The maximum atomic E-state index is 13.3. The van der Waals surface area contributed by atoms with Crippen molar-refractivity contribution in [2.45, 2.75) is 69.3 Å². The smallest absolute Gasteiger partial charge is 0.407 e. The molecule has 14 nitrogen and oxygen atoms in total. The van der Waals surface area contributed by atoms with Gasteiger partial charge in [-0.3, -0.25) is 9.69 Å². The van der Waals surface area contributed by atoms with Crippen LogP contribution in [0.5, 0.6) is 0 Å². The molecule has 0 radical (unpaired) electrons. The number of hydrogen-bond acceptors (Lipinski definition) is 10. The van der Waals surface area contributed by atoms with E-state index >= 15 is 0 Å². The highest BCUT2D eigenvalue weighted by Gasteiger charge is 2.42. The van der Waals surface area contributed by atoms with Crippen molar-refractivity contribution in [3.8, 4) is 11.1 Å². The third-order valence-electron chi connectivity index (χ3n) is 8.45. The highest BCUT2D eigenvalue weighted by Crippen LogP contribution is 2.44. The number of nitrogens with zero attached hydrogens (tertiary/aromatic N) is 1. The van der Waals surface area contributed by atoms with Crippen molar-refractivity contribution in [1.82, 2.24) is 26.2 Å². The van der Waals surface area contributed by atoms with Gasteiger partial charge in [-0.2, -0.15) is 0 Å². The summed E-state index contributed by atoms with van der Waals surface area (Å²) in [6, 6.07) is 15.0. The van der Waals surface area contributed by atoms with E-state index in [1.165, 1.54) is 6.08 Å². The molecule has 0 aromatic heterocycles. The van der Waals surface area contributed by atoms with Gasteiger partial charge in [0.25, 0.3) is 0 Å². The lowest BCUT2D eigenvalue weighted by Gasteiger charge is -2.47. The van der Waals surface area contributed by atoms with Crippen LogP contribution in [0, 0.1) is 0 Å². The van der Waals surface area contributed by atoms with Crippen LogP contribution in [0.1, 0.15) is 57.1 Å². The predicted molar refractivity (Wildman–Crippen MR) is 190 cm³/mol. The van der Waals surface area contributed by atoms with E-state index in [9.17, 15) is 29.4 Å². The van der Waals surface area contributed by atoms with Crippen LogP contribution in [0.25, 0.3) is 11.1 Å². The Morgan fingerprint density at radius 2 is 1.59 bits per heavy atom. The third kappa shape index (κ3) is 12.0. The number of hydrogen-bond donors (Lipinski definition) is 6. The number of unbranched alkanes of at least 4 members (excludes halogenated alkanes) is 1. The Balaban J connectivity index is 1.26. The lowest BCUT2D eigenvalue weighted by atomic mass is 9.93. The minimum absolute atomic E-state index is 0.0111. The van der Waals surface area contributed by atoms with Crippen LogP contribution in [0.4, 0.5) is 14.4 Å². The molecule has 2 aliphatic rings. The third-order valence-corrected chi connectivity index (χ3v) is 8.45. The van der Waals surface area contributed by atoms with Gasteiger partial charge in [-0.05, 0) is 62.3 Å². The van der Waals surface area contributed by atoms with Crippen LogP contribution in [0.2, 0.25) is 0 Å². The van der Waals surface area contributed by atoms with Crippen LogP contribution in [0.15, 0.2) is 61.2 Å². The van der Waals surface area contributed by atoms with E-state index in [0.29, 0.717) is 19.4 Å². The van der Waals surface area contributed by atoms with Crippen LogP contribution >= 0.6 is 0 Å². The first-order chi connectivity index (χ1) is 24.3. The van der Waals surface area contributed by atoms with Crippen LogP contribution in [-0.4, -0.2) is 115 Å². The van der Waals surface area contributed by atoms with E-state index in [-0.39, 0.29) is 58.3 Å². The van der Waals surface area contributed by atoms with E-state index in [2.05, 4.69) is 27.8 Å². The molecule has 4 rings (SSSR count). The highest BCUT2D eigenvalue weighted by molar-refractivity contribution is 5.85. The van der Waals surface area contributed by atoms with Crippen molar-refractivity contribution in [3.05, 3.63) is 72.3 Å². The van der Waals surface area contributed by atoms with Crippen molar-refractivity contribution < 1.29 is 43.6 Å². The molecule has 1 aliphatic heterocycles. The van der Waals surface area contributed by atoms with Gasteiger partial charge in [0.1, 0.15) is 30.5 Å². The molecule has 0 unspecified atom stereocenters. The minimum atomic E-state index is -1.16. The fraction of sp³-hybridized carbons (Fsp3) is 0.514. The van der Waals surface area contributed by atoms with Crippen molar-refractivity contribution in [1.29, 1.82) is 0 Å². The highest BCUT2D eigenvalue weighted by atomic mass is 16.6. The summed E-state index contributed by atoms with van der Waals surface area (Å²) in [5, 5.41) is 31.8. The number of fused-ring (bicyclic) bond motifs is 3. The second kappa shape index (κ2) is 18.0. The first-order valence-electron chi connectivity index (χ1n) is 17.3. The topological polar surface area (TPSA) is 188 Å². The van der Waals surface area contributed by atoms with E-state index in [1.807, 2.05) is 48.5 Å². The Kier molecular flexibility index (Phi) is 13.8. The van der Waals surface area contributed by atoms with Crippen LogP contribution < -0.4 is 21.3 Å². The zero-order valence-electron chi connectivity index (χ0n) is 29.6. The number of β-amino-alcohol motifs (C(OH)–C–C–N with tert-alkyl or cyclic N) is 2. The van der Waals surface area contributed by atoms with E-state index < -0.39 is 47.5 Å². The number of nitrogens with one attached hydrogen (secondary N) is 4. The Morgan fingerprint density at radius 1 is 0.941 bits per heavy atom. The first-order valence-corrected chi connectivity index (χ1v) is 17.3. The van der Waals surface area contributed by atoms with Crippen LogP contribution in [-0.2, 0) is 19.0 Å². The summed E-state index contributed by atoms with van der Waals surface area (Å²) >= 11 is 0. The van der Waals surface area contributed by atoms with Gasteiger partial charge in [-0.15, -0.1) is 0 Å². The molecule has 0 spiro atoms. The predicted octanol–water partition coefficient (Wildman–Crippen LogP) is 3.02. The summed E-state index contributed by atoms with van der Waals surface area (Å²) in [6.07, 6.45) is -0.202. The van der Waals surface area contributed by atoms with Crippen LogP contribution in [0.3, 0.4) is 0 Å². The van der Waals surface area contributed by atoms with Crippen molar-refractivity contribution in [2.24, 2.45) is 0 Å². The molecule has 6 N–H and O–H groups in total. The van der Waals surface area contributed by atoms with Crippen molar-refractivity contribution in [3.63, 3.8) is 0 Å². The molecule has 2 atom stereocenters. The van der Waals surface area contributed by atoms with Gasteiger partial charge in [-0.1, -0.05) is 61.2 Å². The van der Waals surface area contributed by atoms with Gasteiger partial charge in [0, 0.05) is 38.6 Å². The Bertz CT molecular complexity index is 1480. The molecule has 14 heteroatoms. The van der Waals surface area contributed by atoms with Gasteiger partial charge < -0.3 is 45.7 Å². The van der Waals surface area contributed by atoms with Gasteiger partial charge >= 0.3 is 18.3 Å². The lowest BCUT2D eigenvalue weighted by molar-refractivity contribution is -0.124. The second-order valence-electron chi connectivity index (χ2n) is 14.0. The van der Waals surface area contributed by atoms with Crippen molar-refractivity contribution >= 4 is 24.2 Å². The number of amides is 4. The molecule has 278 valence electrons. The van der Waals surface area contributed by atoms with E-state index in [4.69, 9.17) is 14.2 Å². The van der Waals surface area contributed by atoms with Gasteiger partial charge in [0.2, 0.25) is 5.91 Å². The maximum absolute atomic E-state index is 13.3. The maximum Gasteiger partial charge on any atom is 0.407 e.